The standard InChI is InChI=1S/C22H23NO8/c1-9-18(27)16(11(3)24)20-17(19(9)28)22(4)13(31-20)8-12(25)15(21(22)29)10(2)23-7-6-14(26)30-5/h8,23,27-28H,6-7H2,1-5H3. The number of ether oxygens (including phenoxy) is 2. The normalized spacial score (nSPS) is 21.0. The van der Waals surface area contributed by atoms with Crippen molar-refractivity contribution in [1.29, 1.82) is 0 Å². The molecule has 0 amide bonds. The summed E-state index contributed by atoms with van der Waals surface area (Å²) >= 11 is 0. The zero-order valence-electron chi connectivity index (χ0n) is 17.8. The molecule has 3 N–H and O–H groups in total. The molecule has 0 saturated carbocycles. The number of methoxy groups -OCH3 is 1. The Balaban J connectivity index is 2.15. The van der Waals surface area contributed by atoms with Gasteiger partial charge in [0.15, 0.2) is 17.3 Å². The fourth-order valence-corrected chi connectivity index (χ4v) is 3.90. The van der Waals surface area contributed by atoms with Gasteiger partial charge >= 0.3 is 5.97 Å². The average molecular weight is 429 g/mol. The highest BCUT2D eigenvalue weighted by Gasteiger charge is 2.56. The fourth-order valence-electron chi connectivity index (χ4n) is 3.90. The van der Waals surface area contributed by atoms with E-state index in [1.165, 1.54) is 34.8 Å². The molecule has 0 aromatic heterocycles. The third-order valence-corrected chi connectivity index (χ3v) is 5.71. The van der Waals surface area contributed by atoms with Crippen molar-refractivity contribution in [2.45, 2.75) is 39.5 Å². The van der Waals surface area contributed by atoms with Crippen LogP contribution in [0.2, 0.25) is 0 Å². The number of Topliss-reactive ketones (excluding diaryl/α,β-unsaturated/α-hetero) is 2. The van der Waals surface area contributed by atoms with Crippen molar-refractivity contribution >= 4 is 23.3 Å². The molecule has 9 heteroatoms. The number of phenolic OH excluding ortho intramolecular Hbond substituents is 2. The molecule has 1 aromatic carbocycles. The van der Waals surface area contributed by atoms with Gasteiger partial charge in [0.1, 0.15) is 34.0 Å². The van der Waals surface area contributed by atoms with Crippen LogP contribution in [0.3, 0.4) is 0 Å². The van der Waals surface area contributed by atoms with E-state index >= 15 is 0 Å². The van der Waals surface area contributed by atoms with Gasteiger partial charge in [-0.1, -0.05) is 0 Å². The van der Waals surface area contributed by atoms with E-state index in [-0.39, 0.29) is 58.2 Å². The molecule has 0 bridgehead atoms. The Hall–Kier alpha value is -3.62. The molecule has 31 heavy (non-hydrogen) atoms. The van der Waals surface area contributed by atoms with Gasteiger partial charge in [0.2, 0.25) is 0 Å². The van der Waals surface area contributed by atoms with Gasteiger partial charge in [0, 0.05) is 23.9 Å². The van der Waals surface area contributed by atoms with Crippen molar-refractivity contribution in [3.05, 3.63) is 39.8 Å². The summed E-state index contributed by atoms with van der Waals surface area (Å²) in [5.41, 5.74) is -1.58. The Morgan fingerprint density at radius 1 is 1.19 bits per heavy atom. The number of carbonyl (C=O) groups is 4. The molecule has 1 unspecified atom stereocenters. The minimum absolute atomic E-state index is 0.0246. The molecule has 1 aliphatic heterocycles. The minimum atomic E-state index is -1.57. The van der Waals surface area contributed by atoms with Crippen LogP contribution in [0.15, 0.2) is 23.1 Å². The number of nitrogens with one attached hydrogen (secondary N) is 1. The van der Waals surface area contributed by atoms with Crippen LogP contribution in [0.25, 0.3) is 0 Å². The maximum Gasteiger partial charge on any atom is 0.307 e. The summed E-state index contributed by atoms with van der Waals surface area (Å²) in [5.74, 6) is -3.22. The molecular weight excluding hydrogens is 406 g/mol. The number of ketones is 3. The van der Waals surface area contributed by atoms with E-state index in [1.807, 2.05) is 0 Å². The van der Waals surface area contributed by atoms with E-state index in [1.54, 1.807) is 0 Å². The number of fused-ring (bicyclic) bond motifs is 3. The highest BCUT2D eigenvalue weighted by Crippen LogP contribution is 2.57. The number of allylic oxidation sites excluding steroid dienone is 4. The lowest BCUT2D eigenvalue weighted by molar-refractivity contribution is -0.140. The van der Waals surface area contributed by atoms with Crippen LogP contribution >= 0.6 is 0 Å². The van der Waals surface area contributed by atoms with E-state index in [2.05, 4.69) is 10.1 Å². The van der Waals surface area contributed by atoms with E-state index in [0.717, 1.165) is 6.08 Å². The monoisotopic (exact) mass is 429 g/mol. The van der Waals surface area contributed by atoms with Crippen molar-refractivity contribution in [2.75, 3.05) is 13.7 Å². The molecule has 9 nitrogen and oxygen atoms in total. The van der Waals surface area contributed by atoms with Crippen LogP contribution < -0.4 is 10.1 Å². The van der Waals surface area contributed by atoms with Gasteiger partial charge in [-0.2, -0.15) is 0 Å². The summed E-state index contributed by atoms with van der Waals surface area (Å²) in [6.07, 6.45) is 1.17. The number of aromatic hydroxyl groups is 2. The number of benzene rings is 1. The summed E-state index contributed by atoms with van der Waals surface area (Å²) < 4.78 is 10.3. The number of carbonyl (C=O) groups excluding carboxylic acids is 4. The Morgan fingerprint density at radius 3 is 2.42 bits per heavy atom. The summed E-state index contributed by atoms with van der Waals surface area (Å²) in [6.45, 7) is 5.81. The summed E-state index contributed by atoms with van der Waals surface area (Å²) in [7, 11) is 1.26. The average Bonchev–Trinajstić information content (AvgIpc) is 2.99. The van der Waals surface area contributed by atoms with Crippen LogP contribution in [0.4, 0.5) is 0 Å². The Morgan fingerprint density at radius 2 is 1.84 bits per heavy atom. The van der Waals surface area contributed by atoms with Crippen molar-refractivity contribution in [2.24, 2.45) is 0 Å². The molecule has 0 saturated heterocycles. The van der Waals surface area contributed by atoms with Crippen LogP contribution in [-0.2, 0) is 24.5 Å². The summed E-state index contributed by atoms with van der Waals surface area (Å²) in [6, 6.07) is 0. The maximum atomic E-state index is 13.5. The first-order valence-electron chi connectivity index (χ1n) is 9.57. The minimum Gasteiger partial charge on any atom is -0.507 e. The molecule has 0 spiro atoms. The molecule has 1 atom stereocenters. The predicted molar refractivity (Wildman–Crippen MR) is 108 cm³/mol. The highest BCUT2D eigenvalue weighted by molar-refractivity contribution is 6.31. The van der Waals surface area contributed by atoms with Crippen LogP contribution in [0, 0.1) is 6.92 Å². The number of phenols is 2. The Labute approximate surface area is 178 Å². The molecular formula is C22H23NO8. The van der Waals surface area contributed by atoms with Gasteiger partial charge in [-0.25, -0.2) is 0 Å². The lowest BCUT2D eigenvalue weighted by Gasteiger charge is -2.29. The first-order valence-corrected chi connectivity index (χ1v) is 9.57. The van der Waals surface area contributed by atoms with Gasteiger partial charge in [-0.05, 0) is 27.7 Å². The Kier molecular flexibility index (Phi) is 5.39. The molecule has 2 aliphatic rings. The van der Waals surface area contributed by atoms with Crippen LogP contribution in [0.1, 0.15) is 48.7 Å². The maximum absolute atomic E-state index is 13.5. The number of esters is 1. The largest absolute Gasteiger partial charge is 0.507 e. The van der Waals surface area contributed by atoms with Gasteiger partial charge < -0.3 is 25.0 Å². The van der Waals surface area contributed by atoms with Gasteiger partial charge in [0.25, 0.3) is 0 Å². The van der Waals surface area contributed by atoms with Crippen LogP contribution in [0.5, 0.6) is 17.2 Å². The third kappa shape index (κ3) is 3.17. The topological polar surface area (TPSA) is 139 Å². The van der Waals surface area contributed by atoms with E-state index in [4.69, 9.17) is 4.74 Å². The second kappa shape index (κ2) is 7.57. The summed E-state index contributed by atoms with van der Waals surface area (Å²) in [5, 5.41) is 24.0. The lowest BCUT2D eigenvalue weighted by atomic mass is 9.70. The van der Waals surface area contributed by atoms with Crippen molar-refractivity contribution < 1.29 is 38.9 Å². The summed E-state index contributed by atoms with van der Waals surface area (Å²) in [4.78, 5) is 49.7. The predicted octanol–water partition coefficient (Wildman–Crippen LogP) is 1.72. The van der Waals surface area contributed by atoms with Gasteiger partial charge in [-0.15, -0.1) is 0 Å². The molecule has 164 valence electrons. The zero-order chi connectivity index (χ0) is 23.2. The van der Waals surface area contributed by atoms with Gasteiger partial charge in [0.05, 0.1) is 24.7 Å². The fraction of sp³-hybridized carbons (Fsp3) is 0.364. The van der Waals surface area contributed by atoms with E-state index in [0.29, 0.717) is 0 Å². The molecule has 3 rings (SSSR count). The zero-order valence-corrected chi connectivity index (χ0v) is 17.8. The molecule has 0 radical (unpaired) electrons. The smallest absolute Gasteiger partial charge is 0.307 e. The van der Waals surface area contributed by atoms with Crippen molar-refractivity contribution in [1.82, 2.24) is 5.32 Å². The molecule has 1 heterocycles. The second-order valence-corrected chi connectivity index (χ2v) is 7.64. The number of rotatable bonds is 5. The Bertz CT molecular complexity index is 1110. The lowest BCUT2D eigenvalue weighted by Crippen LogP contribution is -2.41. The first kappa shape index (κ1) is 22.1. The highest BCUT2D eigenvalue weighted by atomic mass is 16.5. The van der Waals surface area contributed by atoms with E-state index < -0.39 is 34.5 Å². The number of hydrogen-bond donors (Lipinski definition) is 3. The third-order valence-electron chi connectivity index (χ3n) is 5.71. The quantitative estimate of drug-likeness (QED) is 0.276. The van der Waals surface area contributed by atoms with Crippen molar-refractivity contribution in [3.63, 3.8) is 0 Å². The van der Waals surface area contributed by atoms with Gasteiger partial charge in [-0.3, -0.25) is 19.2 Å². The first-order chi connectivity index (χ1) is 14.5. The van der Waals surface area contributed by atoms with E-state index in [9.17, 15) is 29.4 Å². The molecule has 1 aliphatic carbocycles. The van der Waals surface area contributed by atoms with Crippen molar-refractivity contribution in [3.8, 4) is 17.2 Å². The molecule has 0 fully saturated rings. The molecule has 1 aromatic rings. The van der Waals surface area contributed by atoms with Crippen LogP contribution in [-0.4, -0.2) is 47.2 Å². The second-order valence-electron chi connectivity index (χ2n) is 7.64. The SMILES string of the molecule is COC(=O)CCNC(C)=C1C(=O)C=C2Oc3c(C(C)=O)c(O)c(C)c(O)c3C2(C)C1=O. The number of hydrogen-bond acceptors (Lipinski definition) is 9.